The second-order valence-corrected chi connectivity index (χ2v) is 6.04. The molecule has 0 aromatic heterocycles. The predicted molar refractivity (Wildman–Crippen MR) is 50.7 cm³/mol. The van der Waals surface area contributed by atoms with Crippen molar-refractivity contribution in [1.29, 1.82) is 0 Å². The maximum Gasteiger partial charge on any atom is 0.213 e. The topological polar surface area (TPSA) is 63.4 Å². The SMILES string of the molecule is NS(=O)(=O)C1CC2CCN(CC2)C1. The largest absolute Gasteiger partial charge is 0.302 e. The average molecular weight is 204 g/mol. The molecule has 0 aliphatic carbocycles. The second kappa shape index (κ2) is 3.22. The highest BCUT2D eigenvalue weighted by atomic mass is 32.2. The number of rotatable bonds is 1. The van der Waals surface area contributed by atoms with Crippen LogP contribution in [-0.4, -0.2) is 38.2 Å². The summed E-state index contributed by atoms with van der Waals surface area (Å²) in [6.45, 7) is 2.75. The number of fused-ring (bicyclic) bond motifs is 4. The number of hydrogen-bond acceptors (Lipinski definition) is 3. The zero-order valence-corrected chi connectivity index (χ0v) is 8.46. The highest BCUT2D eigenvalue weighted by Crippen LogP contribution is 2.28. The quantitative estimate of drug-likeness (QED) is 0.641. The fraction of sp³-hybridized carbons (Fsp3) is 1.00. The molecule has 0 aromatic rings. The third-order valence-electron chi connectivity index (χ3n) is 3.23. The van der Waals surface area contributed by atoms with Crippen LogP contribution >= 0.6 is 0 Å². The highest BCUT2D eigenvalue weighted by Gasteiger charge is 2.34. The number of sulfonamides is 1. The zero-order chi connectivity index (χ0) is 9.47. The molecule has 3 fully saturated rings. The number of primary sulfonamides is 1. The molecule has 13 heavy (non-hydrogen) atoms. The van der Waals surface area contributed by atoms with E-state index in [1.165, 1.54) is 0 Å². The smallest absolute Gasteiger partial charge is 0.213 e. The summed E-state index contributed by atoms with van der Waals surface area (Å²) in [5.41, 5.74) is 0. The van der Waals surface area contributed by atoms with Gasteiger partial charge in [-0.25, -0.2) is 13.6 Å². The van der Waals surface area contributed by atoms with Crippen LogP contribution in [0, 0.1) is 5.92 Å². The van der Waals surface area contributed by atoms with Gasteiger partial charge in [0, 0.05) is 6.54 Å². The molecule has 2 bridgehead atoms. The second-order valence-electron chi connectivity index (χ2n) is 4.19. The van der Waals surface area contributed by atoms with Gasteiger partial charge < -0.3 is 4.90 Å². The van der Waals surface area contributed by atoms with Crippen LogP contribution in [-0.2, 0) is 10.0 Å². The van der Waals surface area contributed by atoms with Crippen molar-refractivity contribution >= 4 is 10.0 Å². The van der Waals surface area contributed by atoms with Gasteiger partial charge in [0.1, 0.15) is 0 Å². The first kappa shape index (κ1) is 9.43. The maximum atomic E-state index is 11.2. The van der Waals surface area contributed by atoms with E-state index in [9.17, 15) is 8.42 Å². The summed E-state index contributed by atoms with van der Waals surface area (Å²) in [6, 6.07) is 0. The summed E-state index contributed by atoms with van der Waals surface area (Å²) >= 11 is 0. The molecule has 5 heteroatoms. The zero-order valence-electron chi connectivity index (χ0n) is 7.65. The van der Waals surface area contributed by atoms with E-state index < -0.39 is 10.0 Å². The molecule has 0 aromatic carbocycles. The Kier molecular flexibility index (Phi) is 2.33. The lowest BCUT2D eigenvalue weighted by Crippen LogP contribution is -2.38. The summed E-state index contributed by atoms with van der Waals surface area (Å²) in [4.78, 5) is 2.22. The Morgan fingerprint density at radius 3 is 2.38 bits per heavy atom. The Morgan fingerprint density at radius 2 is 1.85 bits per heavy atom. The molecule has 76 valence electrons. The first-order valence-electron chi connectivity index (χ1n) is 4.79. The van der Waals surface area contributed by atoms with Crippen molar-refractivity contribution in [3.63, 3.8) is 0 Å². The van der Waals surface area contributed by atoms with E-state index >= 15 is 0 Å². The Balaban J connectivity index is 2.16. The average Bonchev–Trinajstić information content (AvgIpc) is 2.34. The van der Waals surface area contributed by atoms with Crippen LogP contribution in [0.1, 0.15) is 19.3 Å². The molecule has 1 atom stereocenters. The van der Waals surface area contributed by atoms with E-state index in [1.807, 2.05) is 0 Å². The molecule has 3 heterocycles. The first-order chi connectivity index (χ1) is 6.05. The van der Waals surface area contributed by atoms with Crippen molar-refractivity contribution in [2.45, 2.75) is 24.5 Å². The molecular formula is C8H16N2O2S. The van der Waals surface area contributed by atoms with Gasteiger partial charge in [0.15, 0.2) is 0 Å². The molecule has 0 saturated carbocycles. The molecule has 1 unspecified atom stereocenters. The van der Waals surface area contributed by atoms with E-state index in [0.29, 0.717) is 12.5 Å². The van der Waals surface area contributed by atoms with E-state index in [2.05, 4.69) is 4.90 Å². The van der Waals surface area contributed by atoms with Gasteiger partial charge in [-0.2, -0.15) is 0 Å². The lowest BCUT2D eigenvalue weighted by molar-refractivity contribution is 0.225. The van der Waals surface area contributed by atoms with Crippen molar-refractivity contribution in [2.75, 3.05) is 19.6 Å². The predicted octanol–water partition coefficient (Wildman–Crippen LogP) is -0.241. The molecular weight excluding hydrogens is 188 g/mol. The fourth-order valence-electron chi connectivity index (χ4n) is 2.38. The van der Waals surface area contributed by atoms with Crippen LogP contribution in [0.2, 0.25) is 0 Å². The number of piperidine rings is 1. The van der Waals surface area contributed by atoms with Gasteiger partial charge in [0.2, 0.25) is 10.0 Å². The van der Waals surface area contributed by atoms with Gasteiger partial charge in [-0.1, -0.05) is 0 Å². The van der Waals surface area contributed by atoms with Crippen LogP contribution in [0.15, 0.2) is 0 Å². The van der Waals surface area contributed by atoms with E-state index in [0.717, 1.165) is 32.4 Å². The molecule has 3 saturated heterocycles. The monoisotopic (exact) mass is 204 g/mol. The summed E-state index contributed by atoms with van der Waals surface area (Å²) in [6.07, 6.45) is 3.06. The van der Waals surface area contributed by atoms with E-state index in [-0.39, 0.29) is 5.25 Å². The Labute approximate surface area is 79.1 Å². The van der Waals surface area contributed by atoms with E-state index in [4.69, 9.17) is 5.14 Å². The lowest BCUT2D eigenvalue weighted by Gasteiger charge is -2.26. The summed E-state index contributed by atoms with van der Waals surface area (Å²) in [5.74, 6) is 0.585. The van der Waals surface area contributed by atoms with Crippen molar-refractivity contribution in [2.24, 2.45) is 11.1 Å². The molecule has 0 spiro atoms. The van der Waals surface area contributed by atoms with Gasteiger partial charge >= 0.3 is 0 Å². The Bertz CT molecular complexity index is 267. The lowest BCUT2D eigenvalue weighted by atomic mass is 9.95. The standard InChI is InChI=1S/C8H16N2O2S/c9-13(11,12)8-5-7-1-3-10(6-8)4-2-7/h7-8H,1-6H2,(H2,9,11,12). The Hall–Kier alpha value is -0.130. The highest BCUT2D eigenvalue weighted by molar-refractivity contribution is 7.89. The van der Waals surface area contributed by atoms with E-state index in [1.54, 1.807) is 0 Å². The maximum absolute atomic E-state index is 11.2. The van der Waals surface area contributed by atoms with Crippen LogP contribution < -0.4 is 5.14 Å². The molecule has 0 radical (unpaired) electrons. The molecule has 2 N–H and O–H groups in total. The summed E-state index contributed by atoms with van der Waals surface area (Å²) in [5, 5.41) is 4.86. The summed E-state index contributed by atoms with van der Waals surface area (Å²) < 4.78 is 22.4. The third-order valence-corrected chi connectivity index (χ3v) is 4.50. The minimum atomic E-state index is -3.32. The molecule has 3 aliphatic heterocycles. The van der Waals surface area contributed by atoms with Gasteiger partial charge in [-0.15, -0.1) is 0 Å². The van der Waals surface area contributed by atoms with Gasteiger partial charge in [0.25, 0.3) is 0 Å². The van der Waals surface area contributed by atoms with Gasteiger partial charge in [-0.05, 0) is 38.3 Å². The molecule has 3 aliphatic rings. The first-order valence-corrected chi connectivity index (χ1v) is 6.40. The van der Waals surface area contributed by atoms with Crippen LogP contribution in [0.4, 0.5) is 0 Å². The molecule has 3 rings (SSSR count). The number of hydrogen-bond donors (Lipinski definition) is 1. The molecule has 0 amide bonds. The fourth-order valence-corrected chi connectivity index (χ4v) is 3.34. The van der Waals surface area contributed by atoms with Crippen molar-refractivity contribution in [3.8, 4) is 0 Å². The Morgan fingerprint density at radius 1 is 1.23 bits per heavy atom. The van der Waals surface area contributed by atoms with Crippen LogP contribution in [0.5, 0.6) is 0 Å². The van der Waals surface area contributed by atoms with Crippen molar-refractivity contribution in [1.82, 2.24) is 4.90 Å². The van der Waals surface area contributed by atoms with Crippen molar-refractivity contribution < 1.29 is 8.42 Å². The van der Waals surface area contributed by atoms with Gasteiger partial charge in [0.05, 0.1) is 5.25 Å². The molecule has 4 nitrogen and oxygen atoms in total. The van der Waals surface area contributed by atoms with Crippen LogP contribution in [0.3, 0.4) is 0 Å². The van der Waals surface area contributed by atoms with Crippen molar-refractivity contribution in [3.05, 3.63) is 0 Å². The van der Waals surface area contributed by atoms with Gasteiger partial charge in [-0.3, -0.25) is 0 Å². The minimum absolute atomic E-state index is 0.317. The third kappa shape index (κ3) is 2.03. The minimum Gasteiger partial charge on any atom is -0.302 e. The van der Waals surface area contributed by atoms with Crippen LogP contribution in [0.25, 0.3) is 0 Å². The normalized spacial score (nSPS) is 40.2. The number of nitrogens with two attached hydrogens (primary N) is 1. The number of nitrogens with zero attached hydrogens (tertiary/aromatic N) is 1. The summed E-state index contributed by atoms with van der Waals surface area (Å²) in [7, 11) is -3.32.